The third kappa shape index (κ3) is 2.03. The van der Waals surface area contributed by atoms with Crippen LogP contribution in [0.5, 0.6) is 0 Å². The van der Waals surface area contributed by atoms with Crippen LogP contribution in [-0.4, -0.2) is 12.1 Å². The molecule has 0 bridgehead atoms. The lowest BCUT2D eigenvalue weighted by Gasteiger charge is -2.42. The number of carbonyl (C=O) groups excluding carboxylic acids is 1. The predicted octanol–water partition coefficient (Wildman–Crippen LogP) is 4.33. The Kier molecular flexibility index (Phi) is 3.32. The Balaban J connectivity index is 1.72. The molecule has 0 amide bonds. The van der Waals surface area contributed by atoms with Crippen molar-refractivity contribution in [1.82, 2.24) is 0 Å². The zero-order valence-electron chi connectivity index (χ0n) is 13.8. The minimum atomic E-state index is -0.122. The highest BCUT2D eigenvalue weighted by molar-refractivity contribution is 5.66. The lowest BCUT2D eigenvalue weighted by atomic mass is 9.64. The molecule has 2 heteroatoms. The van der Waals surface area contributed by atoms with Crippen LogP contribution in [-0.2, 0) is 28.8 Å². The molecule has 0 N–H and O–H groups in total. The first kappa shape index (κ1) is 14.3. The Bertz CT molecular complexity index is 618. The summed E-state index contributed by atoms with van der Waals surface area (Å²) >= 11 is 0. The maximum absolute atomic E-state index is 11.4. The van der Waals surface area contributed by atoms with Gasteiger partial charge in [-0.15, -0.1) is 0 Å². The summed E-state index contributed by atoms with van der Waals surface area (Å²) in [5, 5.41) is 0. The number of ether oxygens (including phenoxy) is 1. The normalized spacial score (nSPS) is 32.8. The van der Waals surface area contributed by atoms with E-state index in [1.165, 1.54) is 44.9 Å². The van der Waals surface area contributed by atoms with Crippen LogP contribution in [0.4, 0.5) is 0 Å². The first-order chi connectivity index (χ1) is 10.6. The van der Waals surface area contributed by atoms with Gasteiger partial charge in [0.2, 0.25) is 0 Å². The number of hydrogen-bond donors (Lipinski definition) is 0. The van der Waals surface area contributed by atoms with Gasteiger partial charge in [0.25, 0.3) is 0 Å². The molecule has 0 spiro atoms. The maximum Gasteiger partial charge on any atom is 0.302 e. The summed E-state index contributed by atoms with van der Waals surface area (Å²) in [4.78, 5) is 11.4. The quantitative estimate of drug-likeness (QED) is 0.721. The monoisotopic (exact) mass is 298 g/mol. The number of esters is 1. The number of benzene rings is 1. The summed E-state index contributed by atoms with van der Waals surface area (Å²) in [7, 11) is 0. The molecule has 0 radical (unpaired) electrons. The highest BCUT2D eigenvalue weighted by atomic mass is 16.5. The molecule has 0 aromatic heterocycles. The van der Waals surface area contributed by atoms with Crippen LogP contribution in [0.3, 0.4) is 0 Å². The van der Waals surface area contributed by atoms with Gasteiger partial charge in [-0.2, -0.15) is 0 Å². The molecule has 4 rings (SSSR count). The van der Waals surface area contributed by atoms with Gasteiger partial charge in [-0.25, -0.2) is 0 Å². The fourth-order valence-corrected chi connectivity index (χ4v) is 5.38. The molecule has 3 atom stereocenters. The van der Waals surface area contributed by atoms with E-state index in [1.54, 1.807) is 29.2 Å². The van der Waals surface area contributed by atoms with Crippen molar-refractivity contribution >= 4 is 5.97 Å². The second kappa shape index (κ2) is 5.11. The van der Waals surface area contributed by atoms with Gasteiger partial charge in [0.05, 0.1) is 0 Å². The van der Waals surface area contributed by atoms with Crippen LogP contribution in [0.1, 0.15) is 74.1 Å². The van der Waals surface area contributed by atoms with E-state index in [9.17, 15) is 4.79 Å². The van der Waals surface area contributed by atoms with Crippen LogP contribution in [0.2, 0.25) is 0 Å². The maximum atomic E-state index is 11.4. The fraction of sp³-hybridized carbons (Fsp3) is 0.650. The van der Waals surface area contributed by atoms with Gasteiger partial charge in [0, 0.05) is 12.3 Å². The Morgan fingerprint density at radius 2 is 1.95 bits per heavy atom. The number of carbonyl (C=O) groups is 1. The molecule has 1 aromatic carbocycles. The van der Waals surface area contributed by atoms with E-state index in [-0.39, 0.29) is 17.5 Å². The largest absolute Gasteiger partial charge is 0.462 e. The van der Waals surface area contributed by atoms with Crippen molar-refractivity contribution in [2.75, 3.05) is 0 Å². The first-order valence-corrected chi connectivity index (χ1v) is 8.90. The molecule has 0 heterocycles. The smallest absolute Gasteiger partial charge is 0.302 e. The zero-order chi connectivity index (χ0) is 15.3. The van der Waals surface area contributed by atoms with Crippen molar-refractivity contribution in [2.24, 2.45) is 5.41 Å². The molecule has 3 aliphatic carbocycles. The van der Waals surface area contributed by atoms with Crippen LogP contribution >= 0.6 is 0 Å². The molecule has 1 aromatic rings. The summed E-state index contributed by atoms with van der Waals surface area (Å²) in [6.07, 6.45) is 9.87. The minimum absolute atomic E-state index is 0.110. The standard InChI is InChI=1S/C20H26O2/c1-13(21)22-19-10-9-18-17-8-7-14-5-3-4-6-15(14)16(17)11-12-20(18,19)2/h7-8,18-19H,3-6,9-12H2,1-2H3/t18?,19-,20?/m0/s1. The van der Waals surface area contributed by atoms with Gasteiger partial charge in [0.15, 0.2) is 0 Å². The average Bonchev–Trinajstić information content (AvgIpc) is 2.83. The van der Waals surface area contributed by atoms with Crippen LogP contribution in [0.25, 0.3) is 0 Å². The molecule has 1 saturated carbocycles. The topological polar surface area (TPSA) is 26.3 Å². The molecule has 2 nitrogen and oxygen atoms in total. The summed E-state index contributed by atoms with van der Waals surface area (Å²) in [6.45, 7) is 3.89. The average molecular weight is 298 g/mol. The minimum Gasteiger partial charge on any atom is -0.462 e. The number of hydrogen-bond acceptors (Lipinski definition) is 2. The van der Waals surface area contributed by atoms with E-state index in [0.717, 1.165) is 6.42 Å². The number of rotatable bonds is 1. The molecular weight excluding hydrogens is 272 g/mol. The highest BCUT2D eigenvalue weighted by Gasteiger charge is 2.51. The van der Waals surface area contributed by atoms with Crippen LogP contribution in [0, 0.1) is 5.41 Å². The van der Waals surface area contributed by atoms with Crippen LogP contribution < -0.4 is 0 Å². The van der Waals surface area contributed by atoms with Crippen molar-refractivity contribution in [1.29, 1.82) is 0 Å². The number of aryl methyl sites for hydroxylation is 1. The fourth-order valence-electron chi connectivity index (χ4n) is 5.38. The summed E-state index contributed by atoms with van der Waals surface area (Å²) in [5.41, 5.74) is 6.64. The predicted molar refractivity (Wildman–Crippen MR) is 87.0 cm³/mol. The summed E-state index contributed by atoms with van der Waals surface area (Å²) in [6, 6.07) is 4.79. The Morgan fingerprint density at radius 1 is 1.14 bits per heavy atom. The number of fused-ring (bicyclic) bond motifs is 5. The molecule has 0 aliphatic heterocycles. The van der Waals surface area contributed by atoms with Crippen molar-refractivity contribution in [3.63, 3.8) is 0 Å². The summed E-state index contributed by atoms with van der Waals surface area (Å²) in [5.74, 6) is 0.455. The Morgan fingerprint density at radius 3 is 2.77 bits per heavy atom. The molecule has 22 heavy (non-hydrogen) atoms. The zero-order valence-corrected chi connectivity index (χ0v) is 13.8. The lowest BCUT2D eigenvalue weighted by molar-refractivity contribution is -0.152. The second-order valence-corrected chi connectivity index (χ2v) is 7.71. The Hall–Kier alpha value is -1.31. The van der Waals surface area contributed by atoms with E-state index in [4.69, 9.17) is 4.74 Å². The molecule has 3 aliphatic rings. The van der Waals surface area contributed by atoms with E-state index in [2.05, 4.69) is 19.1 Å². The Labute approximate surface area is 133 Å². The van der Waals surface area contributed by atoms with Gasteiger partial charge >= 0.3 is 5.97 Å². The van der Waals surface area contributed by atoms with Crippen molar-refractivity contribution in [3.05, 3.63) is 34.4 Å². The van der Waals surface area contributed by atoms with Gasteiger partial charge < -0.3 is 4.74 Å². The van der Waals surface area contributed by atoms with Crippen molar-refractivity contribution in [2.45, 2.75) is 77.2 Å². The summed E-state index contributed by atoms with van der Waals surface area (Å²) < 4.78 is 5.67. The SMILES string of the molecule is CC(=O)O[C@H]1CCC2c3ccc4c(c3CCC21C)CCCC4. The van der Waals surface area contributed by atoms with Gasteiger partial charge in [-0.3, -0.25) is 4.79 Å². The van der Waals surface area contributed by atoms with Crippen LogP contribution in [0.15, 0.2) is 12.1 Å². The lowest BCUT2D eigenvalue weighted by Crippen LogP contribution is -2.38. The molecule has 1 fully saturated rings. The molecular formula is C20H26O2. The van der Waals surface area contributed by atoms with E-state index in [0.29, 0.717) is 5.92 Å². The van der Waals surface area contributed by atoms with E-state index in [1.807, 2.05) is 0 Å². The van der Waals surface area contributed by atoms with Crippen molar-refractivity contribution < 1.29 is 9.53 Å². The van der Waals surface area contributed by atoms with Gasteiger partial charge in [-0.05, 0) is 79.5 Å². The third-order valence-electron chi connectivity index (χ3n) is 6.53. The van der Waals surface area contributed by atoms with E-state index < -0.39 is 0 Å². The van der Waals surface area contributed by atoms with Gasteiger partial charge in [-0.1, -0.05) is 19.1 Å². The molecule has 2 unspecified atom stereocenters. The molecule has 0 saturated heterocycles. The second-order valence-electron chi connectivity index (χ2n) is 7.71. The first-order valence-electron chi connectivity index (χ1n) is 8.90. The van der Waals surface area contributed by atoms with E-state index >= 15 is 0 Å². The van der Waals surface area contributed by atoms with Crippen molar-refractivity contribution in [3.8, 4) is 0 Å². The molecule has 118 valence electrons. The van der Waals surface area contributed by atoms with Gasteiger partial charge in [0.1, 0.15) is 6.10 Å². The third-order valence-corrected chi connectivity index (χ3v) is 6.53. The highest BCUT2D eigenvalue weighted by Crippen LogP contribution is 2.57.